The first-order chi connectivity index (χ1) is 13.1. The van der Waals surface area contributed by atoms with E-state index in [1.807, 2.05) is 0 Å². The maximum atomic E-state index is 13.0. The highest BCUT2D eigenvalue weighted by atomic mass is 19.4. The highest BCUT2D eigenvalue weighted by Crippen LogP contribution is 2.34. The maximum absolute atomic E-state index is 13.0. The van der Waals surface area contributed by atoms with Gasteiger partial charge in [0.1, 0.15) is 5.75 Å². The highest BCUT2D eigenvalue weighted by molar-refractivity contribution is 5.70. The molecule has 10 heteroatoms. The van der Waals surface area contributed by atoms with Gasteiger partial charge in [0.05, 0.1) is 13.2 Å². The van der Waals surface area contributed by atoms with E-state index in [0.29, 0.717) is 11.8 Å². The lowest BCUT2D eigenvalue weighted by Crippen LogP contribution is -2.34. The van der Waals surface area contributed by atoms with Crippen LogP contribution in [-0.4, -0.2) is 33.7 Å². The summed E-state index contributed by atoms with van der Waals surface area (Å²) in [6, 6.07) is 6.79. The van der Waals surface area contributed by atoms with Crippen molar-refractivity contribution < 1.29 is 27.4 Å². The number of carbonyl (C=O) groups is 1. The first-order valence-corrected chi connectivity index (χ1v) is 8.37. The summed E-state index contributed by atoms with van der Waals surface area (Å²) in [5, 5.41) is 0. The quantitative estimate of drug-likeness (QED) is 0.793. The molecule has 0 spiro atoms. The Hall–Kier alpha value is -3.04. The fourth-order valence-electron chi connectivity index (χ4n) is 2.97. The molecule has 0 saturated carbocycles. The molecule has 1 aromatic carbocycles. The summed E-state index contributed by atoms with van der Waals surface area (Å²) in [7, 11) is 2.82. The van der Waals surface area contributed by atoms with Gasteiger partial charge in [-0.1, -0.05) is 12.1 Å². The Balaban J connectivity index is 1.90. The first kappa shape index (κ1) is 19.7. The fourth-order valence-corrected chi connectivity index (χ4v) is 2.97. The van der Waals surface area contributed by atoms with Crippen LogP contribution in [0.15, 0.2) is 35.1 Å². The van der Waals surface area contributed by atoms with E-state index < -0.39 is 35.7 Å². The smallest absolute Gasteiger partial charge is 0.433 e. The Labute approximate surface area is 158 Å². The van der Waals surface area contributed by atoms with Gasteiger partial charge in [-0.2, -0.15) is 13.2 Å². The average molecular weight is 397 g/mol. The molecule has 3 rings (SSSR count). The maximum Gasteiger partial charge on any atom is 0.433 e. The number of cyclic esters (lactones) is 1. The topological polar surface area (TPSA) is 73.7 Å². The second-order valence-corrected chi connectivity index (χ2v) is 6.42. The van der Waals surface area contributed by atoms with Gasteiger partial charge in [0.15, 0.2) is 17.6 Å². The number of benzene rings is 1. The molecule has 1 aliphatic heterocycles. The van der Waals surface area contributed by atoms with Crippen molar-refractivity contribution >= 4 is 6.09 Å². The van der Waals surface area contributed by atoms with E-state index in [4.69, 9.17) is 9.47 Å². The molecule has 1 aromatic heterocycles. The van der Waals surface area contributed by atoms with Crippen molar-refractivity contribution in [2.45, 2.75) is 31.8 Å². The zero-order valence-corrected chi connectivity index (χ0v) is 15.4. The predicted molar refractivity (Wildman–Crippen MR) is 91.7 cm³/mol. The molecule has 0 bridgehead atoms. The van der Waals surface area contributed by atoms with Crippen LogP contribution in [0.1, 0.15) is 30.1 Å². The number of amides is 1. The largest absolute Gasteiger partial charge is 0.497 e. The lowest BCUT2D eigenvalue weighted by molar-refractivity contribution is -0.141. The fraction of sp³-hybridized carbons (Fsp3) is 0.389. The molecule has 0 unspecified atom stereocenters. The van der Waals surface area contributed by atoms with Crippen LogP contribution >= 0.6 is 0 Å². The minimum absolute atomic E-state index is 0.188. The van der Waals surface area contributed by atoms with Crippen molar-refractivity contribution in [3.63, 3.8) is 0 Å². The van der Waals surface area contributed by atoms with Crippen LogP contribution in [0.2, 0.25) is 0 Å². The molecule has 0 radical (unpaired) electrons. The zero-order chi connectivity index (χ0) is 20.6. The van der Waals surface area contributed by atoms with Crippen molar-refractivity contribution in [3.8, 4) is 5.75 Å². The number of methoxy groups -OCH3 is 1. The third-order valence-corrected chi connectivity index (χ3v) is 4.62. The number of hydrogen-bond acceptors (Lipinski definition) is 5. The van der Waals surface area contributed by atoms with E-state index in [1.165, 1.54) is 19.1 Å². The van der Waals surface area contributed by atoms with Crippen molar-refractivity contribution in [3.05, 3.63) is 57.8 Å². The Morgan fingerprint density at radius 2 is 1.86 bits per heavy atom. The number of halogens is 3. The molecule has 0 aliphatic carbocycles. The standard InChI is InChI=1S/C18H18F3N3O4/c1-10-15(16-22-13(18(19,20)21)8-14(25)23(16)2)28-17(26)24(10)9-11-4-6-12(27-3)7-5-11/h4-8,10,15H,9H2,1-3H3/t10-,15+/m0/s1. The van der Waals surface area contributed by atoms with Gasteiger partial charge in [0, 0.05) is 19.7 Å². The third kappa shape index (κ3) is 3.67. The SMILES string of the molecule is COc1ccc(CN2C(=O)O[C@@H](c3nc(C(F)(F)F)cc(=O)n3C)[C@@H]2C)cc1. The molecule has 150 valence electrons. The second-order valence-electron chi connectivity index (χ2n) is 6.42. The lowest BCUT2D eigenvalue weighted by atomic mass is 10.1. The molecule has 0 N–H and O–H groups in total. The van der Waals surface area contributed by atoms with Gasteiger partial charge >= 0.3 is 12.3 Å². The molecule has 2 heterocycles. The molecular weight excluding hydrogens is 379 g/mol. The highest BCUT2D eigenvalue weighted by Gasteiger charge is 2.43. The molecule has 1 saturated heterocycles. The second kappa shape index (κ2) is 7.17. The Morgan fingerprint density at radius 3 is 2.43 bits per heavy atom. The summed E-state index contributed by atoms with van der Waals surface area (Å²) in [4.78, 5) is 29.2. The van der Waals surface area contributed by atoms with E-state index in [9.17, 15) is 22.8 Å². The van der Waals surface area contributed by atoms with E-state index in [-0.39, 0.29) is 12.4 Å². The van der Waals surface area contributed by atoms with Gasteiger partial charge < -0.3 is 9.47 Å². The van der Waals surface area contributed by atoms with Crippen LogP contribution in [0.5, 0.6) is 5.75 Å². The van der Waals surface area contributed by atoms with Gasteiger partial charge in [-0.25, -0.2) is 9.78 Å². The summed E-state index contributed by atoms with van der Waals surface area (Å²) in [6.07, 6.45) is -6.58. The number of rotatable bonds is 4. The third-order valence-electron chi connectivity index (χ3n) is 4.62. The van der Waals surface area contributed by atoms with Gasteiger partial charge in [-0.05, 0) is 24.6 Å². The van der Waals surface area contributed by atoms with Crippen LogP contribution in [-0.2, 0) is 24.5 Å². The van der Waals surface area contributed by atoms with E-state index in [0.717, 1.165) is 10.1 Å². The van der Waals surface area contributed by atoms with Crippen LogP contribution in [0.3, 0.4) is 0 Å². The summed E-state index contributed by atoms with van der Waals surface area (Å²) < 4.78 is 50.4. The number of carbonyl (C=O) groups excluding carboxylic acids is 1. The van der Waals surface area contributed by atoms with E-state index in [2.05, 4.69) is 4.98 Å². The first-order valence-electron chi connectivity index (χ1n) is 8.37. The van der Waals surface area contributed by atoms with Crippen LogP contribution in [0.4, 0.5) is 18.0 Å². The molecule has 2 aromatic rings. The minimum Gasteiger partial charge on any atom is -0.497 e. The summed E-state index contributed by atoms with van der Waals surface area (Å²) in [5.41, 5.74) is -1.41. The lowest BCUT2D eigenvalue weighted by Gasteiger charge is -2.22. The number of ether oxygens (including phenoxy) is 2. The Bertz CT molecular complexity index is 941. The number of hydrogen-bond donors (Lipinski definition) is 0. The summed E-state index contributed by atoms with van der Waals surface area (Å²) >= 11 is 0. The van der Waals surface area contributed by atoms with Gasteiger partial charge in [-0.3, -0.25) is 14.3 Å². The van der Waals surface area contributed by atoms with Crippen LogP contribution < -0.4 is 10.3 Å². The zero-order valence-electron chi connectivity index (χ0n) is 15.4. The molecule has 1 aliphatic rings. The predicted octanol–water partition coefficient (Wildman–Crippen LogP) is 2.89. The Kier molecular flexibility index (Phi) is 5.05. The molecule has 1 amide bonds. The molecule has 7 nitrogen and oxygen atoms in total. The van der Waals surface area contributed by atoms with Crippen LogP contribution in [0, 0.1) is 0 Å². The summed E-state index contributed by atoms with van der Waals surface area (Å²) in [6.45, 7) is 1.82. The molecular formula is C18H18F3N3O4. The summed E-state index contributed by atoms with van der Waals surface area (Å²) in [5.74, 6) is 0.403. The van der Waals surface area contributed by atoms with Gasteiger partial charge in [-0.15, -0.1) is 0 Å². The van der Waals surface area contributed by atoms with Gasteiger partial charge in [0.25, 0.3) is 5.56 Å². The normalized spacial score (nSPS) is 19.6. The number of alkyl halides is 3. The molecule has 2 atom stereocenters. The van der Waals surface area contributed by atoms with Gasteiger partial charge in [0.2, 0.25) is 0 Å². The minimum atomic E-state index is -4.78. The average Bonchev–Trinajstić information content (AvgIpc) is 2.91. The van der Waals surface area contributed by atoms with Crippen molar-refractivity contribution in [1.82, 2.24) is 14.5 Å². The van der Waals surface area contributed by atoms with E-state index >= 15 is 0 Å². The molecule has 28 heavy (non-hydrogen) atoms. The number of nitrogens with zero attached hydrogens (tertiary/aromatic N) is 3. The Morgan fingerprint density at radius 1 is 1.21 bits per heavy atom. The van der Waals surface area contributed by atoms with Crippen molar-refractivity contribution in [2.75, 3.05) is 7.11 Å². The molecule has 1 fully saturated rings. The van der Waals surface area contributed by atoms with Crippen LogP contribution in [0.25, 0.3) is 0 Å². The van der Waals surface area contributed by atoms with Crippen molar-refractivity contribution in [1.29, 1.82) is 0 Å². The monoisotopic (exact) mass is 397 g/mol. The van der Waals surface area contributed by atoms with E-state index in [1.54, 1.807) is 31.2 Å². The van der Waals surface area contributed by atoms with Crippen molar-refractivity contribution in [2.24, 2.45) is 7.05 Å². The number of aromatic nitrogens is 2.